The first-order valence-electron chi connectivity index (χ1n) is 6.61. The van der Waals surface area contributed by atoms with E-state index in [4.69, 9.17) is 0 Å². The highest BCUT2D eigenvalue weighted by atomic mass is 127. The number of rotatable bonds is 5. The molecule has 0 saturated carbocycles. The van der Waals surface area contributed by atoms with E-state index < -0.39 is 0 Å². The molecule has 1 N–H and O–H groups in total. The van der Waals surface area contributed by atoms with Gasteiger partial charge in [0, 0.05) is 16.8 Å². The summed E-state index contributed by atoms with van der Waals surface area (Å²) in [7, 11) is 1.96. The number of nitrogens with zero attached hydrogens (tertiary/aromatic N) is 2. The summed E-state index contributed by atoms with van der Waals surface area (Å²) < 4.78 is 3.18. The van der Waals surface area contributed by atoms with E-state index >= 15 is 0 Å². The first kappa shape index (κ1) is 14.5. The number of hydrogen-bond acceptors (Lipinski definition) is 2. The lowest BCUT2D eigenvalue weighted by atomic mass is 10.0. The van der Waals surface area contributed by atoms with E-state index in [9.17, 15) is 0 Å². The monoisotopic (exact) mass is 369 g/mol. The van der Waals surface area contributed by atoms with Gasteiger partial charge < -0.3 is 5.32 Å². The van der Waals surface area contributed by atoms with Gasteiger partial charge in [-0.1, -0.05) is 25.1 Å². The van der Waals surface area contributed by atoms with Gasteiger partial charge in [-0.05, 0) is 59.7 Å². The van der Waals surface area contributed by atoms with Crippen LogP contribution in [0.1, 0.15) is 36.2 Å². The minimum Gasteiger partial charge on any atom is -0.305 e. The molecule has 1 aromatic carbocycles. The highest BCUT2D eigenvalue weighted by Gasteiger charge is 2.18. The van der Waals surface area contributed by atoms with Crippen LogP contribution in [0.5, 0.6) is 0 Å². The summed E-state index contributed by atoms with van der Waals surface area (Å²) in [4.78, 5) is 0. The van der Waals surface area contributed by atoms with Crippen molar-refractivity contribution in [3.63, 3.8) is 0 Å². The fourth-order valence-electron chi connectivity index (χ4n) is 2.14. The van der Waals surface area contributed by atoms with Crippen molar-refractivity contribution in [2.45, 2.75) is 26.3 Å². The van der Waals surface area contributed by atoms with Gasteiger partial charge in [0.25, 0.3) is 0 Å². The molecule has 2 rings (SSSR count). The molecule has 102 valence electrons. The van der Waals surface area contributed by atoms with E-state index in [0.717, 1.165) is 18.7 Å². The van der Waals surface area contributed by atoms with Crippen LogP contribution in [0.15, 0.2) is 30.5 Å². The molecule has 1 unspecified atom stereocenters. The number of nitrogens with one attached hydrogen (secondary N) is 1. The molecule has 0 amide bonds. The second-order valence-electron chi connectivity index (χ2n) is 4.78. The van der Waals surface area contributed by atoms with Crippen LogP contribution in [0.3, 0.4) is 0 Å². The summed E-state index contributed by atoms with van der Waals surface area (Å²) in [6.07, 6.45) is 3.12. The molecule has 1 aromatic heterocycles. The second kappa shape index (κ2) is 6.52. The van der Waals surface area contributed by atoms with Crippen molar-refractivity contribution < 1.29 is 0 Å². The molecule has 0 fully saturated rings. The van der Waals surface area contributed by atoms with Crippen molar-refractivity contribution in [1.82, 2.24) is 15.1 Å². The molecule has 0 bridgehead atoms. The molecule has 0 aliphatic carbocycles. The first-order chi connectivity index (χ1) is 9.13. The van der Waals surface area contributed by atoms with E-state index in [1.807, 2.05) is 17.9 Å². The van der Waals surface area contributed by atoms with E-state index in [1.165, 1.54) is 14.7 Å². The van der Waals surface area contributed by atoms with Gasteiger partial charge in [0.15, 0.2) is 0 Å². The average molecular weight is 369 g/mol. The third-order valence-corrected chi connectivity index (χ3v) is 4.63. The number of aromatic nitrogens is 2. The van der Waals surface area contributed by atoms with Crippen molar-refractivity contribution in [3.8, 4) is 0 Å². The quantitative estimate of drug-likeness (QED) is 0.819. The molecule has 19 heavy (non-hydrogen) atoms. The third kappa shape index (κ3) is 3.36. The van der Waals surface area contributed by atoms with Gasteiger partial charge in [-0.3, -0.25) is 4.68 Å². The predicted octanol–water partition coefficient (Wildman–Crippen LogP) is 3.42. The van der Waals surface area contributed by atoms with Gasteiger partial charge in [-0.15, -0.1) is 0 Å². The van der Waals surface area contributed by atoms with E-state index in [1.54, 1.807) is 0 Å². The van der Waals surface area contributed by atoms with Gasteiger partial charge >= 0.3 is 0 Å². The minimum atomic E-state index is 0.174. The summed E-state index contributed by atoms with van der Waals surface area (Å²) in [5.74, 6) is 0. The van der Waals surface area contributed by atoms with Crippen molar-refractivity contribution in [1.29, 1.82) is 0 Å². The van der Waals surface area contributed by atoms with Crippen LogP contribution in [0, 0.1) is 10.5 Å². The van der Waals surface area contributed by atoms with Gasteiger partial charge in [-0.25, -0.2) is 0 Å². The van der Waals surface area contributed by atoms with Crippen molar-refractivity contribution in [2.75, 3.05) is 6.54 Å². The zero-order valence-corrected chi connectivity index (χ0v) is 13.8. The summed E-state index contributed by atoms with van der Waals surface area (Å²) >= 11 is 2.43. The Balaban J connectivity index is 2.39. The molecule has 0 aliphatic rings. The van der Waals surface area contributed by atoms with Crippen molar-refractivity contribution >= 4 is 22.6 Å². The molecule has 2 aromatic rings. The summed E-state index contributed by atoms with van der Waals surface area (Å²) in [6, 6.07) is 8.73. The van der Waals surface area contributed by atoms with Gasteiger partial charge in [0.1, 0.15) is 0 Å². The zero-order valence-electron chi connectivity index (χ0n) is 11.7. The Morgan fingerprint density at radius 1 is 1.37 bits per heavy atom. The molecule has 4 heteroatoms. The number of benzene rings is 1. The fourth-order valence-corrected chi connectivity index (χ4v) is 2.81. The largest absolute Gasteiger partial charge is 0.305 e. The van der Waals surface area contributed by atoms with Crippen LogP contribution in [0.25, 0.3) is 0 Å². The van der Waals surface area contributed by atoms with Crippen LogP contribution in [-0.4, -0.2) is 16.3 Å². The molecule has 3 nitrogen and oxygen atoms in total. The molecule has 0 radical (unpaired) electrons. The lowest BCUT2D eigenvalue weighted by Gasteiger charge is -2.19. The number of aryl methyl sites for hydroxylation is 2. The average Bonchev–Trinajstić information content (AvgIpc) is 2.81. The molecule has 0 spiro atoms. The molecule has 1 atom stereocenters. The van der Waals surface area contributed by atoms with Crippen LogP contribution in [-0.2, 0) is 7.05 Å². The Hall–Kier alpha value is -0.880. The van der Waals surface area contributed by atoms with Crippen molar-refractivity contribution in [3.05, 3.63) is 50.9 Å². The Morgan fingerprint density at radius 3 is 2.79 bits per heavy atom. The highest BCUT2D eigenvalue weighted by molar-refractivity contribution is 14.1. The smallest absolute Gasteiger partial charge is 0.0839 e. The standard InChI is InChI=1S/C15H20IN3/c1-4-9-17-15(13-8-10-19(3)18-13)12-7-5-6-11(2)14(12)16/h5-8,10,15,17H,4,9H2,1-3H3. The molecule has 0 aliphatic heterocycles. The highest BCUT2D eigenvalue weighted by Crippen LogP contribution is 2.27. The maximum atomic E-state index is 4.56. The molecular formula is C15H20IN3. The Bertz CT molecular complexity index is 548. The minimum absolute atomic E-state index is 0.174. The van der Waals surface area contributed by atoms with Crippen LogP contribution < -0.4 is 5.32 Å². The Morgan fingerprint density at radius 2 is 2.16 bits per heavy atom. The normalized spacial score (nSPS) is 12.6. The van der Waals surface area contributed by atoms with Crippen LogP contribution in [0.2, 0.25) is 0 Å². The Labute approximate surface area is 128 Å². The maximum Gasteiger partial charge on any atom is 0.0839 e. The van der Waals surface area contributed by atoms with Gasteiger partial charge in [-0.2, -0.15) is 5.10 Å². The lowest BCUT2D eigenvalue weighted by Crippen LogP contribution is -2.24. The van der Waals surface area contributed by atoms with E-state index in [2.05, 4.69) is 71.1 Å². The predicted molar refractivity (Wildman–Crippen MR) is 87.2 cm³/mol. The molecular weight excluding hydrogens is 349 g/mol. The number of halogens is 1. The summed E-state index contributed by atoms with van der Waals surface area (Å²) in [5, 5.41) is 8.16. The van der Waals surface area contributed by atoms with Gasteiger partial charge in [0.05, 0.1) is 11.7 Å². The zero-order chi connectivity index (χ0) is 13.8. The van der Waals surface area contributed by atoms with Crippen LogP contribution >= 0.6 is 22.6 Å². The van der Waals surface area contributed by atoms with Gasteiger partial charge in [0.2, 0.25) is 0 Å². The van der Waals surface area contributed by atoms with E-state index in [-0.39, 0.29) is 6.04 Å². The number of hydrogen-bond donors (Lipinski definition) is 1. The fraction of sp³-hybridized carbons (Fsp3) is 0.400. The third-order valence-electron chi connectivity index (χ3n) is 3.16. The molecule has 0 saturated heterocycles. The summed E-state index contributed by atoms with van der Waals surface area (Å²) in [6.45, 7) is 5.33. The Kier molecular flexibility index (Phi) is 4.99. The first-order valence-corrected chi connectivity index (χ1v) is 7.69. The van der Waals surface area contributed by atoms with Crippen molar-refractivity contribution in [2.24, 2.45) is 7.05 Å². The van der Waals surface area contributed by atoms with Crippen LogP contribution in [0.4, 0.5) is 0 Å². The second-order valence-corrected chi connectivity index (χ2v) is 5.86. The topological polar surface area (TPSA) is 29.9 Å². The van der Waals surface area contributed by atoms with E-state index in [0.29, 0.717) is 0 Å². The SMILES string of the molecule is CCCNC(c1ccn(C)n1)c1cccc(C)c1I. The lowest BCUT2D eigenvalue weighted by molar-refractivity contribution is 0.573. The molecule has 1 heterocycles. The maximum absolute atomic E-state index is 4.56. The summed E-state index contributed by atoms with van der Waals surface area (Å²) in [5.41, 5.74) is 3.71.